The smallest absolute Gasteiger partial charge is 0.337 e. The van der Waals surface area contributed by atoms with Crippen molar-refractivity contribution in [3.63, 3.8) is 0 Å². The van der Waals surface area contributed by atoms with Crippen molar-refractivity contribution < 1.29 is 13.7 Å². The van der Waals surface area contributed by atoms with Crippen molar-refractivity contribution in [1.82, 2.24) is 15.1 Å². The van der Waals surface area contributed by atoms with Gasteiger partial charge in [-0.15, -0.1) is 0 Å². The first-order chi connectivity index (χ1) is 10.6. The zero-order valence-electron chi connectivity index (χ0n) is 12.0. The van der Waals surface area contributed by atoms with E-state index in [-0.39, 0.29) is 23.7 Å². The van der Waals surface area contributed by atoms with Gasteiger partial charge in [0.25, 0.3) is 11.6 Å². The van der Waals surface area contributed by atoms with Gasteiger partial charge in [-0.3, -0.25) is 9.78 Å². The highest BCUT2D eigenvalue weighted by atomic mass is 16.5. The van der Waals surface area contributed by atoms with E-state index in [1.165, 1.54) is 12.3 Å². The van der Waals surface area contributed by atoms with E-state index in [1.807, 2.05) is 6.92 Å². The molecule has 0 amide bonds. The second-order valence-corrected chi connectivity index (χ2v) is 4.69. The standard InChI is InChI=1S/C14H13N3O5/c1-3-8-4-10(18)21-13-11(8)12(19)16-14(17-13)20-6-9-5-15-22-7(9)2/h4-5H,3,6H2,1-2H3,(H,16,17,19). The highest BCUT2D eigenvalue weighted by Gasteiger charge is 2.13. The Morgan fingerprint density at radius 1 is 1.32 bits per heavy atom. The maximum absolute atomic E-state index is 12.2. The summed E-state index contributed by atoms with van der Waals surface area (Å²) in [6.07, 6.45) is 2.04. The highest BCUT2D eigenvalue weighted by Crippen LogP contribution is 2.15. The van der Waals surface area contributed by atoms with Gasteiger partial charge in [-0.05, 0) is 18.9 Å². The van der Waals surface area contributed by atoms with Crippen LogP contribution in [0.3, 0.4) is 0 Å². The van der Waals surface area contributed by atoms with E-state index in [0.717, 1.165) is 5.56 Å². The molecule has 114 valence electrons. The fraction of sp³-hybridized carbons (Fsp3) is 0.286. The van der Waals surface area contributed by atoms with Crippen LogP contribution >= 0.6 is 0 Å². The minimum absolute atomic E-state index is 0.0329. The molecule has 8 heteroatoms. The van der Waals surface area contributed by atoms with E-state index >= 15 is 0 Å². The minimum Gasteiger partial charge on any atom is -0.460 e. The fourth-order valence-corrected chi connectivity index (χ4v) is 2.08. The largest absolute Gasteiger partial charge is 0.460 e. The Labute approximate surface area is 123 Å². The number of ether oxygens (including phenoxy) is 1. The Hall–Kier alpha value is -2.90. The van der Waals surface area contributed by atoms with Gasteiger partial charge in [0.05, 0.1) is 11.8 Å². The summed E-state index contributed by atoms with van der Waals surface area (Å²) in [6.45, 7) is 3.71. The number of aromatic amines is 1. The van der Waals surface area contributed by atoms with Gasteiger partial charge >= 0.3 is 5.63 Å². The maximum atomic E-state index is 12.2. The van der Waals surface area contributed by atoms with Crippen LogP contribution in [-0.2, 0) is 13.0 Å². The monoisotopic (exact) mass is 303 g/mol. The predicted molar refractivity (Wildman–Crippen MR) is 75.8 cm³/mol. The van der Waals surface area contributed by atoms with Crippen molar-refractivity contribution in [2.75, 3.05) is 0 Å². The normalized spacial score (nSPS) is 11.0. The van der Waals surface area contributed by atoms with Gasteiger partial charge in [-0.2, -0.15) is 4.98 Å². The van der Waals surface area contributed by atoms with Crippen LogP contribution in [0.4, 0.5) is 0 Å². The van der Waals surface area contributed by atoms with Gasteiger partial charge in [0.1, 0.15) is 17.8 Å². The lowest BCUT2D eigenvalue weighted by Crippen LogP contribution is -2.15. The molecule has 0 radical (unpaired) electrons. The molecule has 0 saturated carbocycles. The summed E-state index contributed by atoms with van der Waals surface area (Å²) in [5, 5.41) is 3.89. The third-order valence-corrected chi connectivity index (χ3v) is 3.27. The Morgan fingerprint density at radius 2 is 2.14 bits per heavy atom. The Balaban J connectivity index is 2.00. The molecule has 0 saturated heterocycles. The Kier molecular flexibility index (Phi) is 3.50. The molecule has 0 unspecified atom stereocenters. The van der Waals surface area contributed by atoms with Crippen molar-refractivity contribution in [3.05, 3.63) is 49.9 Å². The number of hydrogen-bond donors (Lipinski definition) is 1. The van der Waals surface area contributed by atoms with Gasteiger partial charge in [0.2, 0.25) is 5.71 Å². The van der Waals surface area contributed by atoms with Crippen LogP contribution in [0.5, 0.6) is 6.01 Å². The number of nitrogens with zero attached hydrogens (tertiary/aromatic N) is 2. The number of fused-ring (bicyclic) bond motifs is 1. The molecule has 0 aliphatic heterocycles. The first-order valence-electron chi connectivity index (χ1n) is 6.68. The lowest BCUT2D eigenvalue weighted by Gasteiger charge is -2.05. The molecule has 3 aromatic rings. The quantitative estimate of drug-likeness (QED) is 0.773. The topological polar surface area (TPSA) is 111 Å². The van der Waals surface area contributed by atoms with Crippen molar-refractivity contribution in [3.8, 4) is 6.01 Å². The van der Waals surface area contributed by atoms with Crippen molar-refractivity contribution in [2.45, 2.75) is 26.9 Å². The molecule has 0 bridgehead atoms. The lowest BCUT2D eigenvalue weighted by atomic mass is 10.1. The molecular formula is C14H13N3O5. The van der Waals surface area contributed by atoms with Crippen LogP contribution in [0.1, 0.15) is 23.8 Å². The van der Waals surface area contributed by atoms with Crippen LogP contribution in [0.25, 0.3) is 11.1 Å². The van der Waals surface area contributed by atoms with Gasteiger partial charge in [-0.25, -0.2) is 4.79 Å². The number of H-pyrrole nitrogens is 1. The van der Waals surface area contributed by atoms with Crippen LogP contribution in [-0.4, -0.2) is 15.1 Å². The first-order valence-corrected chi connectivity index (χ1v) is 6.68. The summed E-state index contributed by atoms with van der Waals surface area (Å²) in [7, 11) is 0. The maximum Gasteiger partial charge on any atom is 0.337 e. The number of aromatic nitrogens is 3. The molecule has 3 aromatic heterocycles. The number of hydrogen-bond acceptors (Lipinski definition) is 7. The summed E-state index contributed by atoms with van der Waals surface area (Å²) in [5.74, 6) is 0.614. The molecule has 0 aliphatic rings. The van der Waals surface area contributed by atoms with E-state index < -0.39 is 11.2 Å². The third kappa shape index (κ3) is 2.50. The van der Waals surface area contributed by atoms with E-state index in [2.05, 4.69) is 15.1 Å². The molecule has 8 nitrogen and oxygen atoms in total. The van der Waals surface area contributed by atoms with Gasteiger partial charge in [0.15, 0.2) is 0 Å². The highest BCUT2D eigenvalue weighted by molar-refractivity contribution is 5.75. The second-order valence-electron chi connectivity index (χ2n) is 4.69. The van der Waals surface area contributed by atoms with Gasteiger partial charge in [-0.1, -0.05) is 12.1 Å². The van der Waals surface area contributed by atoms with Crippen LogP contribution in [0.15, 0.2) is 30.8 Å². The average molecular weight is 303 g/mol. The van der Waals surface area contributed by atoms with E-state index in [9.17, 15) is 9.59 Å². The lowest BCUT2D eigenvalue weighted by molar-refractivity contribution is 0.276. The molecule has 3 heterocycles. The average Bonchev–Trinajstić information content (AvgIpc) is 2.89. The Bertz CT molecular complexity index is 938. The predicted octanol–water partition coefficient (Wildman–Crippen LogP) is 1.31. The van der Waals surface area contributed by atoms with E-state index in [0.29, 0.717) is 17.7 Å². The fourth-order valence-electron chi connectivity index (χ4n) is 2.08. The van der Waals surface area contributed by atoms with E-state index in [1.54, 1.807) is 6.92 Å². The minimum atomic E-state index is -0.553. The van der Waals surface area contributed by atoms with Gasteiger partial charge < -0.3 is 13.7 Å². The molecule has 1 N–H and O–H groups in total. The van der Waals surface area contributed by atoms with Crippen LogP contribution in [0, 0.1) is 6.92 Å². The molecule has 0 aliphatic carbocycles. The van der Waals surface area contributed by atoms with Crippen molar-refractivity contribution >= 4 is 11.1 Å². The summed E-state index contributed by atoms with van der Waals surface area (Å²) in [4.78, 5) is 30.2. The third-order valence-electron chi connectivity index (χ3n) is 3.27. The molecule has 0 fully saturated rings. The zero-order chi connectivity index (χ0) is 15.7. The number of rotatable bonds is 4. The summed E-state index contributed by atoms with van der Waals surface area (Å²) in [6, 6.07) is 1.26. The van der Waals surface area contributed by atoms with E-state index in [4.69, 9.17) is 13.7 Å². The number of aryl methyl sites for hydroxylation is 2. The molecular weight excluding hydrogens is 290 g/mol. The Morgan fingerprint density at radius 3 is 2.82 bits per heavy atom. The SMILES string of the molecule is CCc1cc(=O)oc2nc(OCc3cnoc3C)[nH]c(=O)c12. The molecule has 0 atom stereocenters. The van der Waals surface area contributed by atoms with Crippen LogP contribution < -0.4 is 15.9 Å². The summed E-state index contributed by atoms with van der Waals surface area (Å²) >= 11 is 0. The molecule has 0 spiro atoms. The summed E-state index contributed by atoms with van der Waals surface area (Å²) in [5.41, 5.74) is 0.309. The molecule has 22 heavy (non-hydrogen) atoms. The number of nitrogens with one attached hydrogen (secondary N) is 1. The molecule has 3 rings (SSSR count). The van der Waals surface area contributed by atoms with Crippen molar-refractivity contribution in [2.24, 2.45) is 0 Å². The van der Waals surface area contributed by atoms with Gasteiger partial charge in [0, 0.05) is 6.07 Å². The first kappa shape index (κ1) is 14.1. The summed E-state index contributed by atoms with van der Waals surface area (Å²) < 4.78 is 15.3. The second kappa shape index (κ2) is 5.47. The zero-order valence-corrected chi connectivity index (χ0v) is 12.0. The van der Waals surface area contributed by atoms with Crippen LogP contribution in [0.2, 0.25) is 0 Å². The molecule has 0 aromatic carbocycles. The van der Waals surface area contributed by atoms with Crippen molar-refractivity contribution in [1.29, 1.82) is 0 Å².